The summed E-state index contributed by atoms with van der Waals surface area (Å²) in [5, 5.41) is 11.0. The second-order valence-electron chi connectivity index (χ2n) is 3.80. The molecule has 1 N–H and O–H groups in total. The third-order valence-corrected chi connectivity index (χ3v) is 2.58. The lowest BCUT2D eigenvalue weighted by Crippen LogP contribution is -2.26. The average Bonchev–Trinajstić information content (AvgIpc) is 2.36. The van der Waals surface area contributed by atoms with Crippen molar-refractivity contribution in [1.29, 1.82) is 0 Å². The van der Waals surface area contributed by atoms with Crippen molar-refractivity contribution in [3.8, 4) is 0 Å². The van der Waals surface area contributed by atoms with Crippen LogP contribution in [0.4, 0.5) is 0 Å². The predicted molar refractivity (Wildman–Crippen MR) is 64.6 cm³/mol. The smallest absolute Gasteiger partial charge is 0.307 e. The molecule has 0 heterocycles. The fourth-order valence-corrected chi connectivity index (χ4v) is 1.54. The first-order valence-electron chi connectivity index (χ1n) is 5.81. The number of carbonyl (C=O) groups is 1. The zero-order valence-electron chi connectivity index (χ0n) is 10.3. The summed E-state index contributed by atoms with van der Waals surface area (Å²) < 4.78 is 4.80. The Morgan fingerprint density at radius 1 is 1.41 bits per heavy atom. The van der Waals surface area contributed by atoms with E-state index in [1.54, 1.807) is 6.92 Å². The molecule has 0 bridgehead atoms. The van der Waals surface area contributed by atoms with Crippen molar-refractivity contribution in [3.05, 3.63) is 35.9 Å². The zero-order chi connectivity index (χ0) is 12.7. The summed E-state index contributed by atoms with van der Waals surface area (Å²) >= 11 is 0. The van der Waals surface area contributed by atoms with Gasteiger partial charge in [0.1, 0.15) is 0 Å². The minimum absolute atomic E-state index is 0.134. The lowest BCUT2D eigenvalue weighted by atomic mass is 10.1. The van der Waals surface area contributed by atoms with Gasteiger partial charge in [-0.2, -0.15) is 5.06 Å². The standard InChI is InChI=1S/C13H19NO3/c1-3-17-13(15)9-10-14(16)11(2)12-7-5-4-6-8-12/h4-8,11,16H,3,9-10H2,1-2H3/t11-/m0/s1. The van der Waals surface area contributed by atoms with Gasteiger partial charge in [-0.15, -0.1) is 0 Å². The lowest BCUT2D eigenvalue weighted by Gasteiger charge is -2.22. The van der Waals surface area contributed by atoms with Crippen molar-refractivity contribution in [2.24, 2.45) is 0 Å². The Morgan fingerprint density at radius 3 is 2.65 bits per heavy atom. The van der Waals surface area contributed by atoms with Crippen LogP contribution in [0, 0.1) is 0 Å². The first-order valence-corrected chi connectivity index (χ1v) is 5.81. The molecule has 1 aromatic carbocycles. The third kappa shape index (κ3) is 4.54. The summed E-state index contributed by atoms with van der Waals surface area (Å²) in [6, 6.07) is 9.52. The molecule has 1 atom stereocenters. The molecule has 4 heteroatoms. The number of hydrogen-bond donors (Lipinski definition) is 1. The van der Waals surface area contributed by atoms with Crippen LogP contribution in [-0.4, -0.2) is 29.4 Å². The molecular formula is C13H19NO3. The highest BCUT2D eigenvalue weighted by Gasteiger charge is 2.14. The molecule has 0 radical (unpaired) electrons. The number of carbonyl (C=O) groups excluding carboxylic acids is 1. The van der Waals surface area contributed by atoms with Gasteiger partial charge >= 0.3 is 5.97 Å². The molecule has 0 amide bonds. The highest BCUT2D eigenvalue weighted by molar-refractivity contribution is 5.69. The van der Waals surface area contributed by atoms with Crippen LogP contribution in [0.15, 0.2) is 30.3 Å². The number of ether oxygens (including phenoxy) is 1. The summed E-state index contributed by atoms with van der Waals surface area (Å²) in [6.45, 7) is 4.30. The number of hydroxylamine groups is 2. The van der Waals surface area contributed by atoms with Crippen LogP contribution < -0.4 is 0 Å². The van der Waals surface area contributed by atoms with Crippen molar-refractivity contribution in [3.63, 3.8) is 0 Å². The van der Waals surface area contributed by atoms with Crippen LogP contribution in [-0.2, 0) is 9.53 Å². The number of nitrogens with zero attached hydrogens (tertiary/aromatic N) is 1. The highest BCUT2D eigenvalue weighted by atomic mass is 16.5. The van der Waals surface area contributed by atoms with E-state index in [4.69, 9.17) is 4.74 Å². The quantitative estimate of drug-likeness (QED) is 0.609. The van der Waals surface area contributed by atoms with E-state index in [2.05, 4.69) is 0 Å². The van der Waals surface area contributed by atoms with Crippen LogP contribution in [0.1, 0.15) is 31.9 Å². The van der Waals surface area contributed by atoms with Crippen molar-refractivity contribution in [2.75, 3.05) is 13.2 Å². The monoisotopic (exact) mass is 237 g/mol. The summed E-state index contributed by atoms with van der Waals surface area (Å²) in [7, 11) is 0. The zero-order valence-corrected chi connectivity index (χ0v) is 10.3. The molecule has 0 aliphatic heterocycles. The Hall–Kier alpha value is -1.39. The number of benzene rings is 1. The van der Waals surface area contributed by atoms with Gasteiger partial charge in [-0.3, -0.25) is 4.79 Å². The lowest BCUT2D eigenvalue weighted by molar-refractivity contribution is -0.152. The first-order chi connectivity index (χ1) is 8.15. The molecule has 0 aromatic heterocycles. The molecule has 94 valence electrons. The van der Waals surface area contributed by atoms with Gasteiger partial charge in [0.2, 0.25) is 0 Å². The van der Waals surface area contributed by atoms with Crippen molar-refractivity contribution in [1.82, 2.24) is 5.06 Å². The Balaban J connectivity index is 2.42. The number of rotatable bonds is 6. The fourth-order valence-electron chi connectivity index (χ4n) is 1.54. The molecular weight excluding hydrogens is 218 g/mol. The minimum Gasteiger partial charge on any atom is -0.466 e. The minimum atomic E-state index is -0.285. The molecule has 1 aromatic rings. The summed E-state index contributed by atoms with van der Waals surface area (Å²) in [5.74, 6) is -0.285. The molecule has 0 fully saturated rings. The molecule has 0 saturated carbocycles. The van der Waals surface area contributed by atoms with Gasteiger partial charge in [0.25, 0.3) is 0 Å². The number of hydrogen-bond acceptors (Lipinski definition) is 4. The summed E-state index contributed by atoms with van der Waals surface area (Å²) in [4.78, 5) is 11.1. The molecule has 0 aliphatic carbocycles. The largest absolute Gasteiger partial charge is 0.466 e. The van der Waals surface area contributed by atoms with Gasteiger partial charge in [0, 0.05) is 6.54 Å². The van der Waals surface area contributed by atoms with E-state index in [0.717, 1.165) is 10.6 Å². The van der Waals surface area contributed by atoms with Crippen LogP contribution >= 0.6 is 0 Å². The average molecular weight is 237 g/mol. The maximum Gasteiger partial charge on any atom is 0.307 e. The normalized spacial score (nSPS) is 12.5. The van der Waals surface area contributed by atoms with Crippen molar-refractivity contribution >= 4 is 5.97 Å². The SMILES string of the molecule is CCOC(=O)CCN(O)[C@@H](C)c1ccccc1. The summed E-state index contributed by atoms with van der Waals surface area (Å²) in [6.07, 6.45) is 0.196. The molecule has 0 unspecified atom stereocenters. The van der Waals surface area contributed by atoms with E-state index in [1.165, 1.54) is 0 Å². The van der Waals surface area contributed by atoms with Gasteiger partial charge in [0.05, 0.1) is 19.1 Å². The van der Waals surface area contributed by atoms with E-state index in [0.29, 0.717) is 6.61 Å². The van der Waals surface area contributed by atoms with Gasteiger partial charge < -0.3 is 9.94 Å². The van der Waals surface area contributed by atoms with E-state index >= 15 is 0 Å². The van der Waals surface area contributed by atoms with Crippen molar-refractivity contribution < 1.29 is 14.7 Å². The Bertz CT molecular complexity index is 340. The number of esters is 1. The molecule has 17 heavy (non-hydrogen) atoms. The van der Waals surface area contributed by atoms with E-state index < -0.39 is 0 Å². The van der Waals surface area contributed by atoms with Crippen LogP contribution in [0.25, 0.3) is 0 Å². The second-order valence-corrected chi connectivity index (χ2v) is 3.80. The van der Waals surface area contributed by atoms with Gasteiger partial charge in [-0.1, -0.05) is 30.3 Å². The third-order valence-electron chi connectivity index (χ3n) is 2.58. The van der Waals surface area contributed by atoms with Crippen LogP contribution in [0.3, 0.4) is 0 Å². The van der Waals surface area contributed by atoms with E-state index in [9.17, 15) is 10.0 Å². The Morgan fingerprint density at radius 2 is 2.06 bits per heavy atom. The second kappa shape index (κ2) is 7.04. The van der Waals surface area contributed by atoms with Crippen LogP contribution in [0.2, 0.25) is 0 Å². The summed E-state index contributed by atoms with van der Waals surface area (Å²) in [5.41, 5.74) is 1.01. The predicted octanol–water partition coefficient (Wildman–Crippen LogP) is 2.39. The maximum atomic E-state index is 11.1. The van der Waals surface area contributed by atoms with Crippen LogP contribution in [0.5, 0.6) is 0 Å². The highest BCUT2D eigenvalue weighted by Crippen LogP contribution is 2.17. The first kappa shape index (κ1) is 13.7. The maximum absolute atomic E-state index is 11.1. The van der Waals surface area contributed by atoms with Gasteiger partial charge in [-0.05, 0) is 19.4 Å². The Kier molecular flexibility index (Phi) is 5.66. The fraction of sp³-hybridized carbons (Fsp3) is 0.462. The van der Waals surface area contributed by atoms with E-state index in [1.807, 2.05) is 37.3 Å². The molecule has 0 aliphatic rings. The van der Waals surface area contributed by atoms with E-state index in [-0.39, 0.29) is 25.0 Å². The Labute approximate surface area is 102 Å². The topological polar surface area (TPSA) is 49.8 Å². The van der Waals surface area contributed by atoms with Gasteiger partial charge in [-0.25, -0.2) is 0 Å². The molecule has 0 saturated heterocycles. The molecule has 0 spiro atoms. The van der Waals surface area contributed by atoms with Gasteiger partial charge in [0.15, 0.2) is 0 Å². The molecule has 4 nitrogen and oxygen atoms in total. The molecule has 1 rings (SSSR count). The van der Waals surface area contributed by atoms with Crippen molar-refractivity contribution in [2.45, 2.75) is 26.3 Å².